The minimum atomic E-state index is 0.972. The molecule has 3 heterocycles. The molecule has 0 aromatic carbocycles. The fourth-order valence-electron chi connectivity index (χ4n) is 2.25. The summed E-state index contributed by atoms with van der Waals surface area (Å²) in [6, 6.07) is 6.15. The molecule has 0 N–H and O–H groups in total. The fourth-order valence-corrected chi connectivity index (χ4v) is 2.25. The molecule has 4 heteroatoms. The summed E-state index contributed by atoms with van der Waals surface area (Å²) in [5, 5.41) is 0. The van der Waals surface area contributed by atoms with Gasteiger partial charge >= 0.3 is 0 Å². The van der Waals surface area contributed by atoms with Crippen LogP contribution in [0.5, 0.6) is 0 Å². The quantitative estimate of drug-likeness (QED) is 0.808. The van der Waals surface area contributed by atoms with E-state index in [0.717, 1.165) is 37.4 Å². The first kappa shape index (κ1) is 11.3. The molecule has 0 saturated carbocycles. The molecule has 1 fully saturated rings. The average molecular weight is 243 g/mol. The number of anilines is 1. The summed E-state index contributed by atoms with van der Waals surface area (Å²) < 4.78 is 5.11. The molecular formula is C14H17N3O. The fraction of sp³-hybridized carbons (Fsp3) is 0.357. The van der Waals surface area contributed by atoms with Crippen molar-refractivity contribution in [1.29, 1.82) is 0 Å². The third-order valence-corrected chi connectivity index (χ3v) is 3.43. The number of furan rings is 1. The lowest BCUT2D eigenvalue weighted by Crippen LogP contribution is -2.44. The second-order valence-corrected chi connectivity index (χ2v) is 4.70. The maximum atomic E-state index is 5.11. The summed E-state index contributed by atoms with van der Waals surface area (Å²) >= 11 is 0. The van der Waals surface area contributed by atoms with Crippen LogP contribution in [0.2, 0.25) is 0 Å². The van der Waals surface area contributed by atoms with Gasteiger partial charge in [-0.15, -0.1) is 0 Å². The molecule has 1 aliphatic heterocycles. The number of hydrogen-bond acceptors (Lipinski definition) is 4. The first-order valence-electron chi connectivity index (χ1n) is 6.25. The van der Waals surface area contributed by atoms with Gasteiger partial charge in [0.25, 0.3) is 0 Å². The molecule has 0 amide bonds. The third-order valence-electron chi connectivity index (χ3n) is 3.43. The SMILES string of the molecule is CN1CCN(c2ccnc(-c3ccoc3)c2)CC1. The van der Waals surface area contributed by atoms with Crippen molar-refractivity contribution in [2.45, 2.75) is 0 Å². The number of aromatic nitrogens is 1. The highest BCUT2D eigenvalue weighted by Gasteiger charge is 2.14. The highest BCUT2D eigenvalue weighted by molar-refractivity contribution is 5.63. The zero-order valence-corrected chi connectivity index (χ0v) is 10.5. The molecule has 2 aromatic rings. The van der Waals surface area contributed by atoms with Gasteiger partial charge in [-0.2, -0.15) is 0 Å². The number of pyridine rings is 1. The summed E-state index contributed by atoms with van der Waals surface area (Å²) in [5.41, 5.74) is 3.25. The Morgan fingerprint density at radius 3 is 2.72 bits per heavy atom. The van der Waals surface area contributed by atoms with Crippen LogP contribution >= 0.6 is 0 Å². The Hall–Kier alpha value is -1.81. The first-order chi connectivity index (χ1) is 8.83. The van der Waals surface area contributed by atoms with Gasteiger partial charge in [-0.3, -0.25) is 4.98 Å². The molecule has 18 heavy (non-hydrogen) atoms. The van der Waals surface area contributed by atoms with Gasteiger partial charge in [0.15, 0.2) is 0 Å². The molecule has 4 nitrogen and oxygen atoms in total. The van der Waals surface area contributed by atoms with E-state index in [1.165, 1.54) is 5.69 Å². The first-order valence-corrected chi connectivity index (χ1v) is 6.25. The second kappa shape index (κ2) is 4.82. The van der Waals surface area contributed by atoms with Gasteiger partial charge in [-0.25, -0.2) is 0 Å². The van der Waals surface area contributed by atoms with E-state index in [0.29, 0.717) is 0 Å². The molecule has 0 aliphatic carbocycles. The summed E-state index contributed by atoms with van der Waals surface area (Å²) in [6.45, 7) is 4.38. The number of hydrogen-bond donors (Lipinski definition) is 0. The van der Waals surface area contributed by atoms with Crippen LogP contribution in [-0.4, -0.2) is 43.1 Å². The molecule has 0 atom stereocenters. The molecule has 2 aromatic heterocycles. The van der Waals surface area contributed by atoms with E-state index in [2.05, 4.69) is 34.0 Å². The van der Waals surface area contributed by atoms with Crippen molar-refractivity contribution in [2.24, 2.45) is 0 Å². The zero-order chi connectivity index (χ0) is 12.4. The van der Waals surface area contributed by atoms with Crippen molar-refractivity contribution in [3.8, 4) is 11.3 Å². The molecule has 0 bridgehead atoms. The van der Waals surface area contributed by atoms with Crippen molar-refractivity contribution in [3.63, 3.8) is 0 Å². The standard InChI is InChI=1S/C14H17N3O/c1-16-5-7-17(8-6-16)13-2-4-15-14(10-13)12-3-9-18-11-12/h2-4,9-11H,5-8H2,1H3. The van der Waals surface area contributed by atoms with Gasteiger partial charge in [-0.05, 0) is 25.2 Å². The van der Waals surface area contributed by atoms with Gasteiger partial charge in [0.05, 0.1) is 18.2 Å². The van der Waals surface area contributed by atoms with Crippen molar-refractivity contribution < 1.29 is 4.42 Å². The van der Waals surface area contributed by atoms with Gasteiger partial charge in [0, 0.05) is 43.6 Å². The minimum Gasteiger partial charge on any atom is -0.472 e. The number of nitrogens with zero attached hydrogens (tertiary/aromatic N) is 3. The second-order valence-electron chi connectivity index (χ2n) is 4.70. The Morgan fingerprint density at radius 1 is 1.17 bits per heavy atom. The molecule has 94 valence electrons. The van der Waals surface area contributed by atoms with Gasteiger partial charge in [0.1, 0.15) is 0 Å². The smallest absolute Gasteiger partial charge is 0.0996 e. The zero-order valence-electron chi connectivity index (χ0n) is 10.5. The molecule has 3 rings (SSSR count). The maximum Gasteiger partial charge on any atom is 0.0996 e. The lowest BCUT2D eigenvalue weighted by molar-refractivity contribution is 0.313. The van der Waals surface area contributed by atoms with E-state index in [-0.39, 0.29) is 0 Å². The average Bonchev–Trinajstić information content (AvgIpc) is 2.94. The lowest BCUT2D eigenvalue weighted by atomic mass is 10.2. The van der Waals surface area contributed by atoms with Crippen LogP contribution in [-0.2, 0) is 0 Å². The van der Waals surface area contributed by atoms with Crippen LogP contribution in [0.1, 0.15) is 0 Å². The van der Waals surface area contributed by atoms with Crippen molar-refractivity contribution in [3.05, 3.63) is 36.9 Å². The van der Waals surface area contributed by atoms with Crippen molar-refractivity contribution >= 4 is 5.69 Å². The highest BCUT2D eigenvalue weighted by atomic mass is 16.3. The van der Waals surface area contributed by atoms with E-state index in [9.17, 15) is 0 Å². The van der Waals surface area contributed by atoms with Crippen LogP contribution in [0.4, 0.5) is 5.69 Å². The summed E-state index contributed by atoms with van der Waals surface area (Å²) in [4.78, 5) is 9.16. The summed E-state index contributed by atoms with van der Waals surface area (Å²) in [6.07, 6.45) is 5.28. The van der Waals surface area contributed by atoms with E-state index < -0.39 is 0 Å². The van der Waals surface area contributed by atoms with Gasteiger partial charge < -0.3 is 14.2 Å². The molecule has 0 spiro atoms. The van der Waals surface area contributed by atoms with E-state index >= 15 is 0 Å². The molecular weight excluding hydrogens is 226 g/mol. The van der Waals surface area contributed by atoms with E-state index in [1.807, 2.05) is 12.3 Å². The number of rotatable bonds is 2. The summed E-state index contributed by atoms with van der Waals surface area (Å²) in [5.74, 6) is 0. The number of piperazine rings is 1. The topological polar surface area (TPSA) is 32.5 Å². The summed E-state index contributed by atoms with van der Waals surface area (Å²) in [7, 11) is 2.17. The van der Waals surface area contributed by atoms with Crippen LogP contribution in [0.3, 0.4) is 0 Å². The van der Waals surface area contributed by atoms with Crippen molar-refractivity contribution in [1.82, 2.24) is 9.88 Å². The van der Waals surface area contributed by atoms with E-state index in [4.69, 9.17) is 4.42 Å². The predicted molar refractivity (Wildman–Crippen MR) is 71.6 cm³/mol. The molecule has 0 unspecified atom stereocenters. The maximum absolute atomic E-state index is 5.11. The molecule has 1 aliphatic rings. The third kappa shape index (κ3) is 2.24. The Balaban J connectivity index is 1.83. The van der Waals surface area contributed by atoms with Gasteiger partial charge in [0.2, 0.25) is 0 Å². The Kier molecular flexibility index (Phi) is 3.02. The van der Waals surface area contributed by atoms with Crippen LogP contribution in [0.15, 0.2) is 41.3 Å². The van der Waals surface area contributed by atoms with Crippen LogP contribution < -0.4 is 4.90 Å². The van der Waals surface area contributed by atoms with Crippen molar-refractivity contribution in [2.75, 3.05) is 38.1 Å². The molecule has 0 radical (unpaired) electrons. The molecule has 1 saturated heterocycles. The minimum absolute atomic E-state index is 0.972. The van der Waals surface area contributed by atoms with Gasteiger partial charge in [-0.1, -0.05) is 0 Å². The van der Waals surface area contributed by atoms with Crippen LogP contribution in [0, 0.1) is 0 Å². The monoisotopic (exact) mass is 243 g/mol. The van der Waals surface area contributed by atoms with E-state index in [1.54, 1.807) is 12.5 Å². The van der Waals surface area contributed by atoms with Crippen LogP contribution in [0.25, 0.3) is 11.3 Å². The Labute approximate surface area is 107 Å². The largest absolute Gasteiger partial charge is 0.472 e. The Morgan fingerprint density at radius 2 is 2.00 bits per heavy atom. The highest BCUT2D eigenvalue weighted by Crippen LogP contribution is 2.23. The lowest BCUT2D eigenvalue weighted by Gasteiger charge is -2.34. The Bertz CT molecular complexity index is 502. The predicted octanol–water partition coefficient (Wildman–Crippen LogP) is 2.09. The normalized spacial score (nSPS) is 17.1. The number of likely N-dealkylation sites (N-methyl/N-ethyl adjacent to an activating group) is 1.